The number of hydrogen-bond donors (Lipinski definition) is 0. The van der Waals surface area contributed by atoms with Crippen molar-refractivity contribution in [3.8, 4) is 0 Å². The van der Waals surface area contributed by atoms with E-state index < -0.39 is 0 Å². The van der Waals surface area contributed by atoms with Crippen LogP contribution in [0.5, 0.6) is 0 Å². The molecule has 0 spiro atoms. The lowest BCUT2D eigenvalue weighted by atomic mass is 10.4. The molecule has 0 aliphatic heterocycles. The molecule has 1 heterocycles. The van der Waals surface area contributed by atoms with E-state index in [9.17, 15) is 0 Å². The van der Waals surface area contributed by atoms with Gasteiger partial charge >= 0.3 is 0 Å². The second kappa shape index (κ2) is 3.43. The Balaban J connectivity index is 2.94. The lowest BCUT2D eigenvalue weighted by molar-refractivity contribution is 0.112. The first kappa shape index (κ1) is 8.84. The molecule has 1 atom stereocenters. The van der Waals surface area contributed by atoms with Crippen molar-refractivity contribution in [2.24, 2.45) is 0 Å². The molecule has 0 aliphatic rings. The monoisotopic (exact) mass is 194 g/mol. The number of nitrogens with zero attached hydrogens (tertiary/aromatic N) is 2. The van der Waals surface area contributed by atoms with E-state index in [0.717, 1.165) is 0 Å². The van der Waals surface area contributed by atoms with Crippen LogP contribution in [0.4, 0.5) is 0 Å². The first-order valence-corrected chi connectivity index (χ1v) is 3.80. The molecule has 0 saturated carbocycles. The third kappa shape index (κ3) is 1.67. The Morgan fingerprint density at radius 2 is 2.36 bits per heavy atom. The molecule has 0 fully saturated rings. The van der Waals surface area contributed by atoms with Gasteiger partial charge < -0.3 is 4.74 Å². The zero-order chi connectivity index (χ0) is 8.43. The van der Waals surface area contributed by atoms with Gasteiger partial charge in [-0.25, -0.2) is 9.07 Å². The van der Waals surface area contributed by atoms with Crippen LogP contribution < -0.4 is 0 Å². The van der Waals surface area contributed by atoms with Gasteiger partial charge in [0.05, 0.1) is 6.20 Å². The summed E-state index contributed by atoms with van der Waals surface area (Å²) in [6.07, 6.45) is 1.35. The zero-order valence-electron chi connectivity index (χ0n) is 6.21. The molecule has 0 amide bonds. The molecule has 1 unspecified atom stereocenters. The van der Waals surface area contributed by atoms with Gasteiger partial charge in [0, 0.05) is 18.9 Å². The van der Waals surface area contributed by atoms with Crippen molar-refractivity contribution in [1.82, 2.24) is 9.07 Å². The molecule has 5 heteroatoms. The Morgan fingerprint density at radius 3 is 2.73 bits per heavy atom. The van der Waals surface area contributed by atoms with Crippen LogP contribution in [0.1, 0.15) is 18.9 Å². The first-order chi connectivity index (χ1) is 5.16. The Bertz CT molecular complexity index is 249. The van der Waals surface area contributed by atoms with Crippen LogP contribution >= 0.6 is 23.4 Å². The summed E-state index contributed by atoms with van der Waals surface area (Å²) in [6.45, 7) is 1.84. The highest BCUT2D eigenvalue weighted by Gasteiger charge is 2.12. The van der Waals surface area contributed by atoms with Crippen LogP contribution in [0.2, 0.25) is 5.15 Å². The average Bonchev–Trinajstić information content (AvgIpc) is 2.32. The van der Waals surface area contributed by atoms with Crippen LogP contribution in [0.25, 0.3) is 0 Å². The molecule has 1 aromatic rings. The Morgan fingerprint density at radius 1 is 1.73 bits per heavy atom. The van der Waals surface area contributed by atoms with Crippen molar-refractivity contribution < 1.29 is 4.74 Å². The van der Waals surface area contributed by atoms with Crippen LogP contribution in [-0.4, -0.2) is 16.2 Å². The van der Waals surface area contributed by atoms with Gasteiger partial charge in [-0.05, 0) is 6.92 Å². The van der Waals surface area contributed by atoms with Gasteiger partial charge in [0.2, 0.25) is 0 Å². The zero-order valence-corrected chi connectivity index (χ0v) is 7.73. The highest BCUT2D eigenvalue weighted by Crippen LogP contribution is 2.20. The van der Waals surface area contributed by atoms with E-state index in [4.69, 9.17) is 28.1 Å². The lowest BCUT2D eigenvalue weighted by Gasteiger charge is -2.06. The highest BCUT2D eigenvalue weighted by molar-refractivity contribution is 6.33. The Labute approximate surface area is 75.0 Å². The molecular formula is C6H8Cl2N2O. The molecule has 0 aromatic carbocycles. The van der Waals surface area contributed by atoms with Crippen LogP contribution in [-0.2, 0) is 4.74 Å². The van der Waals surface area contributed by atoms with E-state index >= 15 is 0 Å². The maximum atomic E-state index is 5.72. The van der Waals surface area contributed by atoms with Crippen LogP contribution in [0.3, 0.4) is 0 Å². The van der Waals surface area contributed by atoms with Gasteiger partial charge in [0.25, 0.3) is 0 Å². The number of imidazole rings is 1. The summed E-state index contributed by atoms with van der Waals surface area (Å²) in [5.74, 6) is 0.610. The van der Waals surface area contributed by atoms with E-state index in [-0.39, 0.29) is 6.10 Å². The molecule has 62 valence electrons. The van der Waals surface area contributed by atoms with Crippen molar-refractivity contribution in [3.05, 3.63) is 17.2 Å². The number of rotatable bonds is 2. The predicted molar refractivity (Wildman–Crippen MR) is 43.9 cm³/mol. The molecule has 0 N–H and O–H groups in total. The number of methoxy groups -OCH3 is 1. The van der Waals surface area contributed by atoms with Crippen molar-refractivity contribution >= 4 is 23.4 Å². The van der Waals surface area contributed by atoms with Crippen molar-refractivity contribution in [2.45, 2.75) is 13.0 Å². The fourth-order valence-electron chi connectivity index (χ4n) is 0.700. The van der Waals surface area contributed by atoms with Crippen LogP contribution in [0.15, 0.2) is 6.20 Å². The maximum Gasteiger partial charge on any atom is 0.153 e. The molecule has 0 radical (unpaired) electrons. The normalized spacial score (nSPS) is 13.5. The summed E-state index contributed by atoms with van der Waals surface area (Å²) >= 11 is 11.4. The topological polar surface area (TPSA) is 27.1 Å². The van der Waals surface area contributed by atoms with E-state index in [2.05, 4.69) is 4.98 Å². The number of aromatic nitrogens is 2. The van der Waals surface area contributed by atoms with Crippen molar-refractivity contribution in [3.63, 3.8) is 0 Å². The largest absolute Gasteiger partial charge is 0.374 e. The molecule has 0 saturated heterocycles. The molecule has 1 aromatic heterocycles. The van der Waals surface area contributed by atoms with Crippen molar-refractivity contribution in [2.75, 3.05) is 7.11 Å². The average molecular weight is 195 g/mol. The lowest BCUT2D eigenvalue weighted by Crippen LogP contribution is -2.01. The molecule has 11 heavy (non-hydrogen) atoms. The van der Waals surface area contributed by atoms with Gasteiger partial charge in [-0.1, -0.05) is 11.6 Å². The molecule has 0 bridgehead atoms. The standard InChI is InChI=1S/C6H8Cl2N2O/c1-4(11-2)6-9-3-5(7)10(6)8/h3-4H,1-2H3. The minimum Gasteiger partial charge on any atom is -0.374 e. The molecule has 0 aliphatic carbocycles. The maximum absolute atomic E-state index is 5.72. The van der Waals surface area contributed by atoms with E-state index in [1.165, 1.54) is 10.3 Å². The van der Waals surface area contributed by atoms with Gasteiger partial charge in [-0.3, -0.25) is 0 Å². The predicted octanol–water partition coefficient (Wildman–Crippen LogP) is 2.25. The summed E-state index contributed by atoms with van der Waals surface area (Å²) in [5.41, 5.74) is 0. The Hall–Kier alpha value is -0.250. The van der Waals surface area contributed by atoms with E-state index in [1.807, 2.05) is 6.92 Å². The van der Waals surface area contributed by atoms with E-state index in [1.54, 1.807) is 7.11 Å². The first-order valence-electron chi connectivity index (χ1n) is 3.09. The second-order valence-electron chi connectivity index (χ2n) is 2.10. The van der Waals surface area contributed by atoms with Gasteiger partial charge in [-0.2, -0.15) is 0 Å². The fourth-order valence-corrected chi connectivity index (χ4v) is 1.06. The number of halogens is 2. The number of hydrogen-bond acceptors (Lipinski definition) is 2. The summed E-state index contributed by atoms with van der Waals surface area (Å²) in [7, 11) is 1.59. The molecule has 1 rings (SSSR count). The number of ether oxygens (including phenoxy) is 1. The van der Waals surface area contributed by atoms with Gasteiger partial charge in [-0.15, -0.1) is 0 Å². The van der Waals surface area contributed by atoms with Crippen LogP contribution in [0, 0.1) is 0 Å². The quantitative estimate of drug-likeness (QED) is 0.723. The van der Waals surface area contributed by atoms with Crippen molar-refractivity contribution in [1.29, 1.82) is 0 Å². The third-order valence-electron chi connectivity index (χ3n) is 1.41. The van der Waals surface area contributed by atoms with Gasteiger partial charge in [0.1, 0.15) is 11.3 Å². The summed E-state index contributed by atoms with van der Waals surface area (Å²) in [6, 6.07) is 0. The van der Waals surface area contributed by atoms with E-state index in [0.29, 0.717) is 11.0 Å². The SMILES string of the molecule is COC(C)c1ncc(Cl)n1Cl. The third-order valence-corrected chi connectivity index (χ3v) is 2.12. The summed E-state index contributed by atoms with van der Waals surface area (Å²) in [5, 5.41) is 0.394. The summed E-state index contributed by atoms with van der Waals surface area (Å²) in [4.78, 5) is 3.96. The Kier molecular flexibility index (Phi) is 2.76. The fraction of sp³-hybridized carbons (Fsp3) is 0.500. The smallest absolute Gasteiger partial charge is 0.153 e. The molecular weight excluding hydrogens is 187 g/mol. The van der Waals surface area contributed by atoms with Gasteiger partial charge in [0.15, 0.2) is 5.82 Å². The minimum atomic E-state index is -0.139. The summed E-state index contributed by atoms with van der Waals surface area (Å²) < 4.78 is 6.28. The second-order valence-corrected chi connectivity index (χ2v) is 2.82. The molecule has 3 nitrogen and oxygen atoms in total. The highest BCUT2D eigenvalue weighted by atomic mass is 35.5. The minimum absolute atomic E-state index is 0.139.